The van der Waals surface area contributed by atoms with Crippen molar-refractivity contribution in [2.75, 3.05) is 20.3 Å². The molecule has 1 atom stereocenters. The zero-order chi connectivity index (χ0) is 26.0. The van der Waals surface area contributed by atoms with Crippen LogP contribution in [0.25, 0.3) is 6.08 Å². The number of esters is 1. The first-order valence-electron chi connectivity index (χ1n) is 11.0. The molecule has 8 nitrogen and oxygen atoms in total. The van der Waals surface area contributed by atoms with Crippen molar-refractivity contribution >= 4 is 46.6 Å². The molecule has 2 aromatic carbocycles. The smallest absolute Gasteiger partial charge is 0.337 e. The van der Waals surface area contributed by atoms with Gasteiger partial charge in [0.1, 0.15) is 0 Å². The van der Waals surface area contributed by atoms with E-state index in [0.29, 0.717) is 45.2 Å². The summed E-state index contributed by atoms with van der Waals surface area (Å²) in [6.07, 6.45) is 3.01. The summed E-state index contributed by atoms with van der Waals surface area (Å²) in [5.74, 6) is 0.205. The van der Waals surface area contributed by atoms with Gasteiger partial charge in [-0.25, -0.2) is 9.79 Å². The second-order valence-corrected chi connectivity index (χ2v) is 9.40. The molecule has 1 aromatic heterocycles. The number of aromatic nitrogens is 1. The maximum atomic E-state index is 13.6. The highest BCUT2D eigenvalue weighted by molar-refractivity contribution is 7.07. The van der Waals surface area contributed by atoms with E-state index in [0.717, 1.165) is 11.3 Å². The Morgan fingerprint density at radius 3 is 2.44 bits per heavy atom. The van der Waals surface area contributed by atoms with Crippen LogP contribution in [-0.2, 0) is 9.53 Å². The van der Waals surface area contributed by atoms with Crippen molar-refractivity contribution in [3.63, 3.8) is 0 Å². The molecule has 0 radical (unpaired) electrons. The second-order valence-electron chi connectivity index (χ2n) is 7.58. The number of hydrogen-bond acceptors (Lipinski definition) is 8. The Morgan fingerprint density at radius 2 is 1.81 bits per heavy atom. The third-order valence-corrected chi connectivity index (χ3v) is 6.92. The summed E-state index contributed by atoms with van der Waals surface area (Å²) in [6, 6.07) is 7.46. The predicted octanol–water partition coefficient (Wildman–Crippen LogP) is 3.83. The van der Waals surface area contributed by atoms with E-state index in [4.69, 9.17) is 37.4 Å². The van der Waals surface area contributed by atoms with Gasteiger partial charge in [0.15, 0.2) is 22.0 Å². The van der Waals surface area contributed by atoms with Crippen molar-refractivity contribution in [2.45, 2.75) is 19.9 Å². The molecular formula is C25H22Cl2N2O6S. The average Bonchev–Trinajstić information content (AvgIpc) is 3.17. The molecule has 0 fully saturated rings. The molecule has 0 aliphatic carbocycles. The molecule has 3 aromatic rings. The van der Waals surface area contributed by atoms with E-state index in [1.54, 1.807) is 24.3 Å². The zero-order valence-corrected chi connectivity index (χ0v) is 21.9. The van der Waals surface area contributed by atoms with E-state index in [9.17, 15) is 14.7 Å². The summed E-state index contributed by atoms with van der Waals surface area (Å²) in [7, 11) is 1.27. The Hall–Kier alpha value is -3.27. The van der Waals surface area contributed by atoms with E-state index in [2.05, 4.69) is 4.99 Å². The first-order chi connectivity index (χ1) is 17.3. The summed E-state index contributed by atoms with van der Waals surface area (Å²) in [5.41, 5.74) is 0.970. The quantitative estimate of drug-likeness (QED) is 0.450. The van der Waals surface area contributed by atoms with Gasteiger partial charge < -0.3 is 19.3 Å². The van der Waals surface area contributed by atoms with Gasteiger partial charge in [0.05, 0.1) is 46.5 Å². The van der Waals surface area contributed by atoms with E-state index < -0.39 is 12.0 Å². The summed E-state index contributed by atoms with van der Waals surface area (Å²) in [6.45, 7) is 4.58. The highest BCUT2D eigenvalue weighted by Crippen LogP contribution is 2.35. The number of nitrogens with zero attached hydrogens (tertiary/aromatic N) is 2. The van der Waals surface area contributed by atoms with Gasteiger partial charge >= 0.3 is 5.97 Å². The molecular weight excluding hydrogens is 527 g/mol. The van der Waals surface area contributed by atoms with Gasteiger partial charge in [-0.3, -0.25) is 9.36 Å². The van der Waals surface area contributed by atoms with Crippen molar-refractivity contribution < 1.29 is 24.1 Å². The lowest BCUT2D eigenvalue weighted by Gasteiger charge is -2.23. The maximum Gasteiger partial charge on any atom is 0.337 e. The third-order valence-electron chi connectivity index (χ3n) is 5.35. The first kappa shape index (κ1) is 25.8. The van der Waals surface area contributed by atoms with Crippen molar-refractivity contribution in [1.82, 2.24) is 4.57 Å². The molecule has 0 unspecified atom stereocenters. The van der Waals surface area contributed by atoms with Crippen LogP contribution in [0.15, 0.2) is 51.9 Å². The number of carbonyl (C=O) groups is 1. The van der Waals surface area contributed by atoms with Crippen LogP contribution in [0.4, 0.5) is 0 Å². The molecule has 4 rings (SSSR count). The number of halogens is 2. The fourth-order valence-corrected chi connectivity index (χ4v) is 5.28. The van der Waals surface area contributed by atoms with Crippen LogP contribution in [0.5, 0.6) is 17.2 Å². The summed E-state index contributed by atoms with van der Waals surface area (Å²) < 4.78 is 18.2. The molecule has 0 saturated heterocycles. The minimum atomic E-state index is -0.808. The number of methoxy groups -OCH3 is 1. The fourth-order valence-electron chi connectivity index (χ4n) is 3.81. The first-order valence-corrected chi connectivity index (χ1v) is 12.5. The van der Waals surface area contributed by atoms with Crippen LogP contribution in [-0.4, -0.2) is 36.0 Å². The molecule has 188 valence electrons. The molecule has 36 heavy (non-hydrogen) atoms. The highest BCUT2D eigenvalue weighted by Gasteiger charge is 2.31. The normalized spacial score (nSPS) is 15.1. The van der Waals surface area contributed by atoms with Crippen molar-refractivity contribution in [2.24, 2.45) is 4.99 Å². The van der Waals surface area contributed by atoms with Crippen molar-refractivity contribution in [3.8, 4) is 17.2 Å². The molecule has 1 aliphatic rings. The lowest BCUT2D eigenvalue weighted by Crippen LogP contribution is -2.39. The zero-order valence-electron chi connectivity index (χ0n) is 19.6. The molecule has 0 bridgehead atoms. The van der Waals surface area contributed by atoms with E-state index in [-0.39, 0.29) is 26.9 Å². The minimum Gasteiger partial charge on any atom is -0.505 e. The van der Waals surface area contributed by atoms with Crippen LogP contribution < -0.4 is 24.4 Å². The van der Waals surface area contributed by atoms with Gasteiger partial charge in [-0.2, -0.15) is 0 Å². The van der Waals surface area contributed by atoms with Crippen LogP contribution in [0, 0.1) is 0 Å². The van der Waals surface area contributed by atoms with E-state index in [1.807, 2.05) is 13.8 Å². The molecule has 1 aliphatic heterocycles. The number of thiazole rings is 1. The number of fused-ring (bicyclic) bond motifs is 1. The average molecular weight is 549 g/mol. The maximum absolute atomic E-state index is 13.6. The summed E-state index contributed by atoms with van der Waals surface area (Å²) >= 11 is 13.2. The number of rotatable bonds is 7. The number of phenols is 1. The predicted molar refractivity (Wildman–Crippen MR) is 138 cm³/mol. The molecule has 2 heterocycles. The lowest BCUT2D eigenvalue weighted by molar-refractivity contribution is -0.136. The topological polar surface area (TPSA) is 99.4 Å². The molecule has 11 heteroatoms. The van der Waals surface area contributed by atoms with Crippen LogP contribution in [0.3, 0.4) is 0 Å². The monoisotopic (exact) mass is 548 g/mol. The van der Waals surface area contributed by atoms with Gasteiger partial charge in [-0.05, 0) is 55.3 Å². The molecule has 0 spiro atoms. The minimum absolute atomic E-state index is 0.0604. The van der Waals surface area contributed by atoms with Gasteiger partial charge in [-0.15, -0.1) is 0 Å². The van der Waals surface area contributed by atoms with Gasteiger partial charge in [-0.1, -0.05) is 40.6 Å². The van der Waals surface area contributed by atoms with Gasteiger partial charge in [0.2, 0.25) is 0 Å². The molecule has 0 saturated carbocycles. The Labute approximate surface area is 220 Å². The van der Waals surface area contributed by atoms with Crippen LogP contribution in [0.1, 0.15) is 31.0 Å². The SMILES string of the molecule is CCOc1ccc([C@H]2C(C(=O)OC)=CN=c3s/c(=C\c4cc(Cl)c(O)c(Cl)c4)c(=O)n32)cc1OCC. The number of ether oxygens (including phenoxy) is 3. The Balaban J connectivity index is 1.91. The van der Waals surface area contributed by atoms with E-state index in [1.165, 1.54) is 30.0 Å². The number of phenolic OH excluding ortho intramolecular Hbond substituents is 1. The van der Waals surface area contributed by atoms with Gasteiger partial charge in [0, 0.05) is 6.20 Å². The molecule has 1 N–H and O–H groups in total. The number of hydrogen-bond donors (Lipinski definition) is 1. The lowest BCUT2D eigenvalue weighted by atomic mass is 9.97. The largest absolute Gasteiger partial charge is 0.505 e. The standard InChI is InChI=1S/C25H22Cl2N2O6S/c1-4-34-18-7-6-14(11-19(18)35-5-2)21-15(24(32)33-3)12-28-25-29(21)23(31)20(36-25)10-13-8-16(26)22(30)17(27)9-13/h6-12,21,30H,4-5H2,1-3H3/b20-10-/t21-/m0/s1. The molecule has 0 amide bonds. The van der Waals surface area contributed by atoms with Crippen LogP contribution >= 0.6 is 34.5 Å². The highest BCUT2D eigenvalue weighted by atomic mass is 35.5. The summed E-state index contributed by atoms with van der Waals surface area (Å²) in [5, 5.41) is 9.96. The number of benzene rings is 2. The van der Waals surface area contributed by atoms with Crippen molar-refractivity contribution in [1.29, 1.82) is 0 Å². The second kappa shape index (κ2) is 10.8. The van der Waals surface area contributed by atoms with E-state index >= 15 is 0 Å². The van der Waals surface area contributed by atoms with Crippen molar-refractivity contribution in [3.05, 3.63) is 83.0 Å². The third kappa shape index (κ3) is 4.86. The Kier molecular flexibility index (Phi) is 7.73. The number of carbonyl (C=O) groups excluding carboxylic acids is 1. The van der Waals surface area contributed by atoms with Gasteiger partial charge in [0.25, 0.3) is 5.56 Å². The Morgan fingerprint density at radius 1 is 1.14 bits per heavy atom. The summed E-state index contributed by atoms with van der Waals surface area (Å²) in [4.78, 5) is 31.0. The fraction of sp³-hybridized carbons (Fsp3) is 0.240. The number of aromatic hydroxyl groups is 1. The Bertz CT molecular complexity index is 1520. The van der Waals surface area contributed by atoms with Crippen LogP contribution in [0.2, 0.25) is 10.0 Å².